The molecule has 25 heavy (non-hydrogen) atoms. The summed E-state index contributed by atoms with van der Waals surface area (Å²) in [5, 5.41) is 22.4. The number of nitrogens with zero attached hydrogens (tertiary/aromatic N) is 5. The SMILES string of the molecule is Cc1ccc(S(=O)(=O)CCN2CN([N+](=O)[O-])CCN([N+](=O)[O-])C2)cc1. The Morgan fingerprint density at radius 2 is 1.48 bits per heavy atom. The lowest BCUT2D eigenvalue weighted by Gasteiger charge is -2.22. The number of aryl methyl sites for hydroxylation is 1. The molecule has 12 heteroatoms. The third-order valence-electron chi connectivity index (χ3n) is 3.86. The van der Waals surface area contributed by atoms with Crippen LogP contribution in [-0.2, 0) is 9.84 Å². The van der Waals surface area contributed by atoms with E-state index in [1.165, 1.54) is 17.0 Å². The van der Waals surface area contributed by atoms with Crippen molar-refractivity contribution in [1.29, 1.82) is 0 Å². The predicted molar refractivity (Wildman–Crippen MR) is 87.1 cm³/mol. The molecule has 0 amide bonds. The first-order valence-corrected chi connectivity index (χ1v) is 9.14. The predicted octanol–water partition coefficient (Wildman–Crippen LogP) is -0.0133. The second kappa shape index (κ2) is 7.61. The molecular weight excluding hydrogens is 354 g/mol. The molecule has 0 unspecified atom stereocenters. The van der Waals surface area contributed by atoms with Gasteiger partial charge in [-0.25, -0.2) is 28.6 Å². The Kier molecular flexibility index (Phi) is 5.74. The smallest absolute Gasteiger partial charge is 0.179 e. The zero-order chi connectivity index (χ0) is 18.6. The van der Waals surface area contributed by atoms with Gasteiger partial charge in [-0.1, -0.05) is 17.7 Å². The van der Waals surface area contributed by atoms with Gasteiger partial charge in [0.25, 0.3) is 0 Å². The molecule has 1 aliphatic heterocycles. The minimum Gasteiger partial charge on any atom is -0.258 e. The number of hydrogen-bond donors (Lipinski definition) is 0. The molecule has 138 valence electrons. The van der Waals surface area contributed by atoms with Gasteiger partial charge in [-0.05, 0) is 19.1 Å². The van der Waals surface area contributed by atoms with Crippen LogP contribution in [0.2, 0.25) is 0 Å². The number of hydrazine groups is 2. The number of nitro groups is 2. The van der Waals surface area contributed by atoms with Crippen molar-refractivity contribution >= 4 is 9.84 Å². The van der Waals surface area contributed by atoms with Crippen molar-refractivity contribution in [3.8, 4) is 0 Å². The molecule has 0 radical (unpaired) electrons. The Morgan fingerprint density at radius 3 is 1.92 bits per heavy atom. The van der Waals surface area contributed by atoms with Crippen LogP contribution < -0.4 is 0 Å². The highest BCUT2D eigenvalue weighted by Gasteiger charge is 2.30. The molecule has 0 N–H and O–H groups in total. The Hall–Kier alpha value is -2.47. The molecule has 0 aromatic heterocycles. The summed E-state index contributed by atoms with van der Waals surface area (Å²) >= 11 is 0. The maximum Gasteiger partial charge on any atom is 0.179 e. The molecule has 11 nitrogen and oxygen atoms in total. The van der Waals surface area contributed by atoms with Gasteiger partial charge in [-0.15, -0.1) is 10.0 Å². The van der Waals surface area contributed by atoms with E-state index in [9.17, 15) is 28.6 Å². The molecule has 0 saturated carbocycles. The fourth-order valence-corrected chi connectivity index (χ4v) is 3.68. The Balaban J connectivity index is 2.08. The lowest BCUT2D eigenvalue weighted by Crippen LogP contribution is -2.43. The van der Waals surface area contributed by atoms with Crippen LogP contribution in [0, 0.1) is 27.2 Å². The standard InChI is InChI=1S/C13H19N5O6S/c1-12-2-4-13(5-3-12)25(23,24)9-8-14-10-15(17(19)20)6-7-16(11-14)18(21)22/h2-5H,6-11H2,1H3. The van der Waals surface area contributed by atoms with Crippen LogP contribution in [0.3, 0.4) is 0 Å². The number of hydrogen-bond acceptors (Lipinski definition) is 7. The van der Waals surface area contributed by atoms with E-state index in [2.05, 4.69) is 0 Å². The molecule has 1 saturated heterocycles. The summed E-state index contributed by atoms with van der Waals surface area (Å²) < 4.78 is 24.8. The zero-order valence-electron chi connectivity index (χ0n) is 13.6. The minimum absolute atomic E-state index is 0.0507. The van der Waals surface area contributed by atoms with Gasteiger partial charge < -0.3 is 0 Å². The van der Waals surface area contributed by atoms with E-state index in [1.807, 2.05) is 6.92 Å². The van der Waals surface area contributed by atoms with Gasteiger partial charge in [0.15, 0.2) is 19.9 Å². The van der Waals surface area contributed by atoms with Crippen molar-refractivity contribution in [3.05, 3.63) is 50.1 Å². The average Bonchev–Trinajstić information content (AvgIpc) is 2.76. The minimum atomic E-state index is -3.58. The van der Waals surface area contributed by atoms with Gasteiger partial charge >= 0.3 is 0 Å². The maximum absolute atomic E-state index is 12.4. The van der Waals surface area contributed by atoms with Crippen molar-refractivity contribution in [1.82, 2.24) is 14.9 Å². The lowest BCUT2D eigenvalue weighted by atomic mass is 10.2. The van der Waals surface area contributed by atoms with Crippen LogP contribution in [-0.4, -0.2) is 72.1 Å². The lowest BCUT2D eigenvalue weighted by molar-refractivity contribution is -0.666. The van der Waals surface area contributed by atoms with Crippen LogP contribution in [0.15, 0.2) is 29.2 Å². The monoisotopic (exact) mass is 373 g/mol. The summed E-state index contributed by atoms with van der Waals surface area (Å²) in [4.78, 5) is 23.5. The van der Waals surface area contributed by atoms with Crippen LogP contribution >= 0.6 is 0 Å². The second-order valence-electron chi connectivity index (χ2n) is 5.74. The summed E-state index contributed by atoms with van der Waals surface area (Å²) in [7, 11) is -3.58. The quantitative estimate of drug-likeness (QED) is 0.499. The first-order valence-electron chi connectivity index (χ1n) is 7.49. The van der Waals surface area contributed by atoms with Crippen molar-refractivity contribution < 1.29 is 18.5 Å². The summed E-state index contributed by atoms with van der Waals surface area (Å²) in [6.45, 7) is 1.20. The maximum atomic E-state index is 12.4. The van der Waals surface area contributed by atoms with Gasteiger partial charge in [0.2, 0.25) is 0 Å². The summed E-state index contributed by atoms with van der Waals surface area (Å²) in [6.07, 6.45) is 0. The summed E-state index contributed by atoms with van der Waals surface area (Å²) in [5.41, 5.74) is 0.926. The highest BCUT2D eigenvalue weighted by atomic mass is 32.2. The number of benzene rings is 1. The molecule has 1 heterocycles. The van der Waals surface area contributed by atoms with Gasteiger partial charge in [-0.2, -0.15) is 0 Å². The Labute approximate surface area is 144 Å². The van der Waals surface area contributed by atoms with Crippen molar-refractivity contribution in [2.24, 2.45) is 0 Å². The van der Waals surface area contributed by atoms with E-state index < -0.39 is 19.9 Å². The second-order valence-corrected chi connectivity index (χ2v) is 7.85. The van der Waals surface area contributed by atoms with Gasteiger partial charge in [0.05, 0.1) is 10.6 Å². The normalized spacial score (nSPS) is 16.5. The number of sulfone groups is 1. The van der Waals surface area contributed by atoms with E-state index in [4.69, 9.17) is 0 Å². The third-order valence-corrected chi connectivity index (χ3v) is 5.57. The molecule has 1 aromatic carbocycles. The fourth-order valence-electron chi connectivity index (χ4n) is 2.40. The first-order chi connectivity index (χ1) is 11.7. The molecule has 1 fully saturated rings. The molecule has 0 bridgehead atoms. The highest BCUT2D eigenvalue weighted by molar-refractivity contribution is 7.91. The van der Waals surface area contributed by atoms with Gasteiger partial charge in [-0.3, -0.25) is 4.90 Å². The molecular formula is C13H19N5O6S. The van der Waals surface area contributed by atoms with Crippen molar-refractivity contribution in [2.75, 3.05) is 38.7 Å². The molecule has 1 aliphatic rings. The average molecular weight is 373 g/mol. The van der Waals surface area contributed by atoms with Crippen molar-refractivity contribution in [2.45, 2.75) is 11.8 Å². The zero-order valence-corrected chi connectivity index (χ0v) is 14.5. The van der Waals surface area contributed by atoms with Crippen LogP contribution in [0.4, 0.5) is 0 Å². The van der Waals surface area contributed by atoms with Gasteiger partial charge in [0.1, 0.15) is 26.4 Å². The fraction of sp³-hybridized carbons (Fsp3) is 0.538. The molecule has 0 aliphatic carbocycles. The van der Waals surface area contributed by atoms with Crippen LogP contribution in [0.1, 0.15) is 5.56 Å². The van der Waals surface area contributed by atoms with Gasteiger partial charge in [0, 0.05) is 6.54 Å². The Morgan fingerprint density at radius 1 is 1.00 bits per heavy atom. The van der Waals surface area contributed by atoms with E-state index in [1.54, 1.807) is 12.1 Å². The van der Waals surface area contributed by atoms with E-state index in [-0.39, 0.29) is 43.6 Å². The first kappa shape index (κ1) is 18.9. The summed E-state index contributed by atoms with van der Waals surface area (Å²) in [6, 6.07) is 6.36. The van der Waals surface area contributed by atoms with E-state index in [0.717, 1.165) is 15.6 Å². The third kappa shape index (κ3) is 5.00. The molecule has 0 atom stereocenters. The van der Waals surface area contributed by atoms with E-state index in [0.29, 0.717) is 0 Å². The van der Waals surface area contributed by atoms with Crippen LogP contribution in [0.25, 0.3) is 0 Å². The molecule has 0 spiro atoms. The molecule has 2 rings (SSSR count). The number of rotatable bonds is 6. The van der Waals surface area contributed by atoms with Crippen molar-refractivity contribution in [3.63, 3.8) is 0 Å². The van der Waals surface area contributed by atoms with Crippen LogP contribution in [0.5, 0.6) is 0 Å². The van der Waals surface area contributed by atoms with E-state index >= 15 is 0 Å². The topological polar surface area (TPSA) is 130 Å². The Bertz CT molecular complexity index is 714. The molecule has 1 aromatic rings. The highest BCUT2D eigenvalue weighted by Crippen LogP contribution is 2.13. The largest absolute Gasteiger partial charge is 0.258 e. The summed E-state index contributed by atoms with van der Waals surface area (Å²) in [5.74, 6) is -0.285.